The van der Waals surface area contributed by atoms with Crippen LogP contribution in [0, 0.1) is 17.3 Å². The number of ketones is 2. The van der Waals surface area contributed by atoms with Crippen molar-refractivity contribution in [2.45, 2.75) is 69.9 Å². The lowest BCUT2D eigenvalue weighted by Gasteiger charge is -2.51. The summed E-state index contributed by atoms with van der Waals surface area (Å²) >= 11 is 0. The molecule has 28 heavy (non-hydrogen) atoms. The molecule has 2 saturated heterocycles. The molecule has 2 heterocycles. The number of hydrogen-bond acceptors (Lipinski definition) is 7. The molecule has 0 radical (unpaired) electrons. The van der Waals surface area contributed by atoms with Crippen molar-refractivity contribution in [2.75, 3.05) is 33.0 Å². The molecule has 158 valence electrons. The van der Waals surface area contributed by atoms with Crippen LogP contribution in [0.1, 0.15) is 58.3 Å². The van der Waals surface area contributed by atoms with E-state index in [0.717, 1.165) is 19.3 Å². The summed E-state index contributed by atoms with van der Waals surface area (Å²) in [6, 6.07) is 0. The second-order valence-electron chi connectivity index (χ2n) is 8.79. The van der Waals surface area contributed by atoms with Crippen molar-refractivity contribution >= 4 is 11.6 Å². The standard InChI is InChI=1S/C21H32O7/c1-19(25-9-10-26-19)20-7-4-5-15(14-20)18(24)21(27-11-12-28-21)16(13-17(20)23)6-2-3-8-22/h15-16,22H,2-14H2,1H3/t15-,16+,20-/m0/s1. The molecular formula is C21H32O7. The van der Waals surface area contributed by atoms with E-state index in [1.54, 1.807) is 0 Å². The molecule has 2 bridgehead atoms. The van der Waals surface area contributed by atoms with Crippen LogP contribution in [0.25, 0.3) is 0 Å². The molecule has 0 aromatic carbocycles. The van der Waals surface area contributed by atoms with Gasteiger partial charge in [-0.2, -0.15) is 0 Å². The maximum Gasteiger partial charge on any atom is 0.232 e. The van der Waals surface area contributed by atoms with Gasteiger partial charge in [-0.05, 0) is 39.0 Å². The van der Waals surface area contributed by atoms with Crippen LogP contribution in [-0.2, 0) is 28.5 Å². The maximum absolute atomic E-state index is 13.7. The first-order valence-electron chi connectivity index (χ1n) is 10.7. The number of rotatable bonds is 5. The number of fused-ring (bicyclic) bond motifs is 2. The van der Waals surface area contributed by atoms with Gasteiger partial charge < -0.3 is 24.1 Å². The number of carbonyl (C=O) groups excluding carboxylic acids is 2. The first kappa shape index (κ1) is 20.4. The van der Waals surface area contributed by atoms with Crippen molar-refractivity contribution in [3.8, 4) is 0 Å². The van der Waals surface area contributed by atoms with Crippen LogP contribution in [0.4, 0.5) is 0 Å². The highest BCUT2D eigenvalue weighted by Crippen LogP contribution is 2.56. The van der Waals surface area contributed by atoms with Gasteiger partial charge in [0.05, 0.1) is 31.8 Å². The predicted octanol–water partition coefficient (Wildman–Crippen LogP) is 1.99. The summed E-state index contributed by atoms with van der Waals surface area (Å²) in [7, 11) is 0. The van der Waals surface area contributed by atoms with Crippen LogP contribution >= 0.6 is 0 Å². The fourth-order valence-electron chi connectivity index (χ4n) is 5.85. The SMILES string of the molecule is CC1([C@@]23CCC[C@@H](C2)C(=O)C2(OCCO2)[C@H](CCCCO)CC3=O)OCCO1. The van der Waals surface area contributed by atoms with Gasteiger partial charge in [0.1, 0.15) is 5.78 Å². The first-order chi connectivity index (χ1) is 13.5. The Hall–Kier alpha value is -0.860. The van der Waals surface area contributed by atoms with Crippen molar-refractivity contribution in [1.29, 1.82) is 0 Å². The first-order valence-corrected chi connectivity index (χ1v) is 10.7. The molecule has 4 fully saturated rings. The topological polar surface area (TPSA) is 91.3 Å². The Labute approximate surface area is 166 Å². The van der Waals surface area contributed by atoms with E-state index in [1.165, 1.54) is 0 Å². The van der Waals surface area contributed by atoms with Crippen molar-refractivity contribution < 1.29 is 33.6 Å². The minimum atomic E-state index is -1.31. The highest BCUT2D eigenvalue weighted by Gasteiger charge is 2.64. The molecule has 2 aliphatic heterocycles. The van der Waals surface area contributed by atoms with Gasteiger partial charge >= 0.3 is 0 Å². The number of Topliss-reactive ketones (excluding diaryl/α,β-unsaturated/α-hetero) is 2. The van der Waals surface area contributed by atoms with Gasteiger partial charge in [0.25, 0.3) is 0 Å². The van der Waals surface area contributed by atoms with Gasteiger partial charge in [0.15, 0.2) is 11.6 Å². The average Bonchev–Trinajstić information content (AvgIpc) is 3.37. The zero-order valence-electron chi connectivity index (χ0n) is 16.7. The van der Waals surface area contributed by atoms with E-state index in [1.807, 2.05) is 6.92 Å². The number of hydrogen-bond donors (Lipinski definition) is 1. The number of aliphatic hydroxyl groups is 1. The average molecular weight is 396 g/mol. The minimum absolute atomic E-state index is 0.0165. The van der Waals surface area contributed by atoms with Gasteiger partial charge in [0, 0.05) is 24.9 Å². The van der Waals surface area contributed by atoms with Crippen LogP contribution in [-0.4, -0.2) is 61.3 Å². The Morgan fingerprint density at radius 2 is 1.71 bits per heavy atom. The van der Waals surface area contributed by atoms with Gasteiger partial charge in [0.2, 0.25) is 5.79 Å². The van der Waals surface area contributed by atoms with Gasteiger partial charge in [-0.3, -0.25) is 9.59 Å². The molecule has 0 unspecified atom stereocenters. The van der Waals surface area contributed by atoms with Crippen LogP contribution in [0.2, 0.25) is 0 Å². The van der Waals surface area contributed by atoms with Crippen LogP contribution < -0.4 is 0 Å². The number of aliphatic hydroxyl groups excluding tert-OH is 1. The lowest BCUT2D eigenvalue weighted by Crippen LogP contribution is -2.61. The Bertz CT molecular complexity index is 606. The molecule has 4 rings (SSSR count). The maximum atomic E-state index is 13.7. The molecule has 2 aliphatic carbocycles. The lowest BCUT2D eigenvalue weighted by atomic mass is 9.57. The van der Waals surface area contributed by atoms with Gasteiger partial charge in [-0.25, -0.2) is 0 Å². The smallest absolute Gasteiger partial charge is 0.232 e. The Morgan fingerprint density at radius 1 is 1.04 bits per heavy atom. The van der Waals surface area contributed by atoms with Crippen molar-refractivity contribution in [3.63, 3.8) is 0 Å². The van der Waals surface area contributed by atoms with Crippen LogP contribution in [0.5, 0.6) is 0 Å². The molecule has 1 spiro atoms. The third-order valence-electron chi connectivity index (χ3n) is 7.35. The highest BCUT2D eigenvalue weighted by molar-refractivity contribution is 5.94. The summed E-state index contributed by atoms with van der Waals surface area (Å²) < 4.78 is 23.8. The van der Waals surface area contributed by atoms with E-state index < -0.39 is 17.0 Å². The number of carbonyl (C=O) groups is 2. The largest absolute Gasteiger partial charge is 0.396 e. The van der Waals surface area contributed by atoms with E-state index in [9.17, 15) is 14.7 Å². The van der Waals surface area contributed by atoms with Crippen LogP contribution in [0.15, 0.2) is 0 Å². The second-order valence-corrected chi connectivity index (χ2v) is 8.79. The van der Waals surface area contributed by atoms with Gasteiger partial charge in [-0.1, -0.05) is 12.8 Å². The van der Waals surface area contributed by atoms with Crippen LogP contribution in [0.3, 0.4) is 0 Å². The van der Waals surface area contributed by atoms with E-state index in [4.69, 9.17) is 18.9 Å². The van der Waals surface area contributed by atoms with E-state index in [0.29, 0.717) is 52.1 Å². The van der Waals surface area contributed by atoms with Crippen molar-refractivity contribution in [1.82, 2.24) is 0 Å². The molecule has 7 nitrogen and oxygen atoms in total. The zero-order chi connectivity index (χ0) is 19.8. The Morgan fingerprint density at radius 3 is 2.39 bits per heavy atom. The predicted molar refractivity (Wildman–Crippen MR) is 98.4 cm³/mol. The minimum Gasteiger partial charge on any atom is -0.396 e. The number of ether oxygens (including phenoxy) is 4. The summed E-state index contributed by atoms with van der Waals surface area (Å²) in [5.74, 6) is -2.83. The van der Waals surface area contributed by atoms with Crippen molar-refractivity contribution in [3.05, 3.63) is 0 Å². The zero-order valence-corrected chi connectivity index (χ0v) is 16.7. The van der Waals surface area contributed by atoms with E-state index in [-0.39, 0.29) is 36.4 Å². The fraction of sp³-hybridized carbons (Fsp3) is 0.905. The summed E-state index contributed by atoms with van der Waals surface area (Å²) in [4.78, 5) is 27.4. The summed E-state index contributed by atoms with van der Waals surface area (Å²) in [6.45, 7) is 3.65. The molecule has 2 saturated carbocycles. The fourth-order valence-corrected chi connectivity index (χ4v) is 5.85. The summed E-state index contributed by atoms with van der Waals surface area (Å²) in [6.07, 6.45) is 4.83. The molecule has 0 aromatic rings. The molecule has 4 aliphatic rings. The van der Waals surface area contributed by atoms with E-state index in [2.05, 4.69) is 0 Å². The normalized spacial score (nSPS) is 37.2. The summed E-state index contributed by atoms with van der Waals surface area (Å²) in [5, 5.41) is 9.18. The molecule has 1 N–H and O–H groups in total. The molecule has 0 aromatic heterocycles. The number of unbranched alkanes of at least 4 members (excludes halogenated alkanes) is 1. The molecule has 7 heteroatoms. The molecule has 0 amide bonds. The highest BCUT2D eigenvalue weighted by atomic mass is 16.7. The lowest BCUT2D eigenvalue weighted by molar-refractivity contribution is -0.246. The molecule has 3 atom stereocenters. The van der Waals surface area contributed by atoms with E-state index >= 15 is 0 Å². The van der Waals surface area contributed by atoms with Gasteiger partial charge in [-0.15, -0.1) is 0 Å². The van der Waals surface area contributed by atoms with Crippen molar-refractivity contribution in [2.24, 2.45) is 17.3 Å². The Kier molecular flexibility index (Phi) is 5.66. The molecular weight excluding hydrogens is 364 g/mol. The third kappa shape index (κ3) is 3.06. The monoisotopic (exact) mass is 396 g/mol. The third-order valence-corrected chi connectivity index (χ3v) is 7.35. The summed E-state index contributed by atoms with van der Waals surface area (Å²) in [5.41, 5.74) is -0.794. The quantitative estimate of drug-likeness (QED) is 0.711. The second kappa shape index (κ2) is 7.76. The Balaban J connectivity index is 1.71.